The fourth-order valence-corrected chi connectivity index (χ4v) is 4.13. The van der Waals surface area contributed by atoms with Gasteiger partial charge in [0.25, 0.3) is 5.91 Å². The van der Waals surface area contributed by atoms with Gasteiger partial charge in [0.05, 0.1) is 23.5 Å². The summed E-state index contributed by atoms with van der Waals surface area (Å²) in [6, 6.07) is 25.6. The van der Waals surface area contributed by atoms with Crippen LogP contribution in [0.3, 0.4) is 0 Å². The highest BCUT2D eigenvalue weighted by molar-refractivity contribution is 6.32. The Morgan fingerprint density at radius 3 is 2.26 bits per heavy atom. The lowest BCUT2D eigenvalue weighted by Gasteiger charge is -2.23. The molecule has 0 fully saturated rings. The third kappa shape index (κ3) is 6.42. The average molecular weight is 531 g/mol. The first-order chi connectivity index (χ1) is 18.2. The molecule has 0 saturated heterocycles. The molecular weight excluding hydrogens is 500 g/mol. The van der Waals surface area contributed by atoms with Crippen molar-refractivity contribution < 1.29 is 14.3 Å². The first-order valence-corrected chi connectivity index (χ1v) is 12.7. The van der Waals surface area contributed by atoms with E-state index in [-0.39, 0.29) is 30.3 Å². The Morgan fingerprint density at radius 1 is 0.974 bits per heavy atom. The molecule has 1 N–H and O–H groups in total. The highest BCUT2D eigenvalue weighted by Crippen LogP contribution is 2.29. The number of nitrogens with one attached hydrogen (secondary N) is 1. The number of methoxy groups -OCH3 is 1. The molecule has 0 saturated carbocycles. The van der Waals surface area contributed by atoms with Gasteiger partial charge in [-0.15, -0.1) is 0 Å². The van der Waals surface area contributed by atoms with Crippen LogP contribution in [-0.2, 0) is 16.8 Å². The van der Waals surface area contributed by atoms with E-state index in [1.807, 2.05) is 75.4 Å². The van der Waals surface area contributed by atoms with Crippen LogP contribution in [0.5, 0.6) is 5.75 Å². The molecule has 0 radical (unpaired) electrons. The van der Waals surface area contributed by atoms with Crippen molar-refractivity contribution in [1.29, 1.82) is 0 Å². The van der Waals surface area contributed by atoms with Gasteiger partial charge in [0.1, 0.15) is 18.1 Å². The van der Waals surface area contributed by atoms with Crippen molar-refractivity contribution in [2.45, 2.75) is 32.7 Å². The van der Waals surface area contributed by atoms with Crippen LogP contribution in [0.2, 0.25) is 5.02 Å². The monoisotopic (exact) mass is 530 g/mol. The van der Waals surface area contributed by atoms with Crippen molar-refractivity contribution in [2.24, 2.45) is 0 Å². The first kappa shape index (κ1) is 26.9. The summed E-state index contributed by atoms with van der Waals surface area (Å²) in [5, 5.41) is 8.20. The summed E-state index contributed by atoms with van der Waals surface area (Å²) in [5.74, 6) is 0.513. The minimum Gasteiger partial charge on any atom is -0.497 e. The number of carbonyl (C=O) groups is 2. The fraction of sp³-hybridized carbons (Fsp3) is 0.233. The van der Waals surface area contributed by atoms with Crippen LogP contribution in [0.4, 0.5) is 5.82 Å². The summed E-state index contributed by atoms with van der Waals surface area (Å²) in [5.41, 5.74) is 2.57. The number of carbonyl (C=O) groups excluding carboxylic acids is 2. The molecule has 4 rings (SSSR count). The largest absolute Gasteiger partial charge is 0.497 e. The molecule has 1 heterocycles. The van der Waals surface area contributed by atoms with E-state index in [1.54, 1.807) is 42.1 Å². The number of rotatable bonds is 8. The second kappa shape index (κ2) is 11.5. The smallest absolute Gasteiger partial charge is 0.254 e. The average Bonchev–Trinajstić information content (AvgIpc) is 3.33. The van der Waals surface area contributed by atoms with Gasteiger partial charge in [0.2, 0.25) is 5.91 Å². The summed E-state index contributed by atoms with van der Waals surface area (Å²) >= 11 is 6.46. The Labute approximate surface area is 228 Å². The number of hydrogen-bond donors (Lipinski definition) is 1. The number of halogens is 1. The molecule has 38 heavy (non-hydrogen) atoms. The fourth-order valence-electron chi connectivity index (χ4n) is 3.92. The van der Waals surface area contributed by atoms with Crippen LogP contribution < -0.4 is 10.1 Å². The van der Waals surface area contributed by atoms with E-state index in [0.717, 1.165) is 11.3 Å². The molecule has 0 aliphatic carbocycles. The predicted octanol–water partition coefficient (Wildman–Crippen LogP) is 6.11. The maximum absolute atomic E-state index is 13.5. The Hall–Kier alpha value is -4.10. The minimum atomic E-state index is -0.351. The van der Waals surface area contributed by atoms with Gasteiger partial charge < -0.3 is 15.0 Å². The van der Waals surface area contributed by atoms with Crippen LogP contribution in [0.15, 0.2) is 84.9 Å². The van der Waals surface area contributed by atoms with Gasteiger partial charge in [0.15, 0.2) is 0 Å². The van der Waals surface area contributed by atoms with Crippen LogP contribution in [0.1, 0.15) is 42.4 Å². The lowest BCUT2D eigenvalue weighted by molar-refractivity contribution is -0.117. The minimum absolute atomic E-state index is 0.154. The van der Waals surface area contributed by atoms with E-state index in [4.69, 9.17) is 21.4 Å². The Bertz CT molecular complexity index is 1410. The first-order valence-electron chi connectivity index (χ1n) is 12.3. The molecule has 3 aromatic carbocycles. The molecule has 0 aliphatic heterocycles. The van der Waals surface area contributed by atoms with Crippen LogP contribution >= 0.6 is 11.6 Å². The van der Waals surface area contributed by atoms with E-state index < -0.39 is 0 Å². The van der Waals surface area contributed by atoms with Crippen LogP contribution in [0.25, 0.3) is 5.69 Å². The number of aromatic nitrogens is 2. The van der Waals surface area contributed by atoms with Crippen molar-refractivity contribution in [1.82, 2.24) is 14.7 Å². The summed E-state index contributed by atoms with van der Waals surface area (Å²) in [6.45, 7) is 6.27. The molecule has 4 aromatic rings. The van der Waals surface area contributed by atoms with Crippen molar-refractivity contribution in [3.8, 4) is 11.4 Å². The summed E-state index contributed by atoms with van der Waals surface area (Å²) in [7, 11) is 1.57. The van der Waals surface area contributed by atoms with Crippen molar-refractivity contribution in [3.05, 3.63) is 107 Å². The standard InChI is InChI=1S/C30H31ClN4O3/c1-30(2,3)26-18-27(35(33-26)25-13-9-8-12-24(25)31)32-28(36)20-34(19-21-10-6-5-7-11-21)29(37)22-14-16-23(38-4)17-15-22/h5-18H,19-20H2,1-4H3,(H,32,36). The number of anilines is 1. The van der Waals surface area contributed by atoms with Gasteiger partial charge in [-0.2, -0.15) is 5.10 Å². The van der Waals surface area contributed by atoms with Crippen molar-refractivity contribution in [3.63, 3.8) is 0 Å². The zero-order valence-electron chi connectivity index (χ0n) is 21.9. The topological polar surface area (TPSA) is 76.5 Å². The normalized spacial score (nSPS) is 11.2. The maximum atomic E-state index is 13.5. The second-order valence-electron chi connectivity index (χ2n) is 9.95. The highest BCUT2D eigenvalue weighted by Gasteiger charge is 2.24. The molecule has 196 valence electrons. The van der Waals surface area contributed by atoms with Gasteiger partial charge in [-0.3, -0.25) is 9.59 Å². The maximum Gasteiger partial charge on any atom is 0.254 e. The third-order valence-corrected chi connectivity index (χ3v) is 6.32. The molecule has 0 atom stereocenters. The molecule has 1 aromatic heterocycles. The van der Waals surface area contributed by atoms with Crippen LogP contribution in [0, 0.1) is 0 Å². The van der Waals surface area contributed by atoms with Gasteiger partial charge in [-0.25, -0.2) is 4.68 Å². The van der Waals surface area contributed by atoms with Gasteiger partial charge >= 0.3 is 0 Å². The lowest BCUT2D eigenvalue weighted by atomic mass is 9.92. The zero-order valence-corrected chi connectivity index (χ0v) is 22.7. The van der Waals surface area contributed by atoms with Gasteiger partial charge in [-0.1, -0.05) is 74.8 Å². The second-order valence-corrected chi connectivity index (χ2v) is 10.4. The molecule has 0 spiro atoms. The van der Waals surface area contributed by atoms with E-state index in [2.05, 4.69) is 5.32 Å². The molecule has 2 amide bonds. The van der Waals surface area contributed by atoms with E-state index in [1.165, 1.54) is 4.90 Å². The number of nitrogens with zero attached hydrogens (tertiary/aromatic N) is 3. The van der Waals surface area contributed by atoms with E-state index in [0.29, 0.717) is 27.8 Å². The number of hydrogen-bond acceptors (Lipinski definition) is 4. The summed E-state index contributed by atoms with van der Waals surface area (Å²) in [4.78, 5) is 28.4. The van der Waals surface area contributed by atoms with Gasteiger partial charge in [0, 0.05) is 23.6 Å². The SMILES string of the molecule is COc1ccc(C(=O)N(CC(=O)Nc2cc(C(C)(C)C)nn2-c2ccccc2Cl)Cc2ccccc2)cc1. The molecule has 0 bridgehead atoms. The predicted molar refractivity (Wildman–Crippen MR) is 150 cm³/mol. The third-order valence-electron chi connectivity index (χ3n) is 6.00. The number of para-hydroxylation sites is 1. The van der Waals surface area contributed by atoms with E-state index >= 15 is 0 Å². The van der Waals surface area contributed by atoms with E-state index in [9.17, 15) is 9.59 Å². The van der Waals surface area contributed by atoms with Crippen LogP contribution in [-0.4, -0.2) is 40.1 Å². The number of ether oxygens (including phenoxy) is 1. The highest BCUT2D eigenvalue weighted by atomic mass is 35.5. The molecule has 7 nitrogen and oxygen atoms in total. The van der Waals surface area contributed by atoms with Gasteiger partial charge in [-0.05, 0) is 42.0 Å². The summed E-state index contributed by atoms with van der Waals surface area (Å²) < 4.78 is 6.84. The van der Waals surface area contributed by atoms with Crippen molar-refractivity contribution in [2.75, 3.05) is 19.0 Å². The number of benzene rings is 3. The zero-order chi connectivity index (χ0) is 27.3. The Kier molecular flexibility index (Phi) is 8.17. The molecule has 8 heteroatoms. The van der Waals surface area contributed by atoms with Crippen molar-refractivity contribution >= 4 is 29.2 Å². The number of amides is 2. The Morgan fingerprint density at radius 2 is 1.63 bits per heavy atom. The Balaban J connectivity index is 1.62. The molecule has 0 aliphatic rings. The molecular formula is C30H31ClN4O3. The lowest BCUT2D eigenvalue weighted by Crippen LogP contribution is -2.37. The molecule has 0 unspecified atom stereocenters. The quantitative estimate of drug-likeness (QED) is 0.298. The summed E-state index contributed by atoms with van der Waals surface area (Å²) in [6.07, 6.45) is 0.